The van der Waals surface area contributed by atoms with Crippen LogP contribution in [0.3, 0.4) is 0 Å². The Morgan fingerprint density at radius 1 is 1.17 bits per heavy atom. The van der Waals surface area contributed by atoms with Gasteiger partial charge in [0.05, 0.1) is 13.2 Å². The first-order valence-corrected chi connectivity index (χ1v) is 5.74. The van der Waals surface area contributed by atoms with E-state index in [0.717, 1.165) is 12.1 Å². The number of rotatable bonds is 6. The number of nitrogens with zero attached hydrogens (tertiary/aromatic N) is 1. The number of hydrogen-bond acceptors (Lipinski definition) is 3. The third-order valence-electron chi connectivity index (χ3n) is 2.85. The molecule has 18 heavy (non-hydrogen) atoms. The fourth-order valence-electron chi connectivity index (χ4n) is 1.81. The third-order valence-corrected chi connectivity index (χ3v) is 2.85. The zero-order chi connectivity index (χ0) is 13.8. The Kier molecular flexibility index (Phi) is 5.19. The lowest BCUT2D eigenvalue weighted by atomic mass is 9.92. The highest BCUT2D eigenvalue weighted by Gasteiger charge is 2.24. The van der Waals surface area contributed by atoms with Crippen LogP contribution in [0, 0.1) is 17.0 Å². The van der Waals surface area contributed by atoms with Gasteiger partial charge >= 0.3 is 0 Å². The first-order valence-electron chi connectivity index (χ1n) is 5.74. The minimum Gasteiger partial charge on any atom is -0.396 e. The van der Waals surface area contributed by atoms with Crippen molar-refractivity contribution in [3.63, 3.8) is 0 Å². The summed E-state index contributed by atoms with van der Waals surface area (Å²) in [5.74, 6) is -1.73. The second kappa shape index (κ2) is 6.22. The maximum atomic E-state index is 13.0. The lowest BCUT2D eigenvalue weighted by molar-refractivity contribution is 0.0402. The molecule has 0 aromatic heterocycles. The largest absolute Gasteiger partial charge is 0.396 e. The molecule has 5 heteroatoms. The van der Waals surface area contributed by atoms with Crippen molar-refractivity contribution >= 4 is 0 Å². The van der Waals surface area contributed by atoms with Gasteiger partial charge in [-0.2, -0.15) is 0 Å². The standard InChI is InChI=1S/C13H19F2NO2/c1-13(8-17,9-18)7-16(2)6-10-3-4-11(14)12(15)5-10/h3-5,17-18H,6-9H2,1-2H3. The molecule has 102 valence electrons. The second-order valence-electron chi connectivity index (χ2n) is 5.05. The van der Waals surface area contributed by atoms with E-state index in [2.05, 4.69) is 0 Å². The van der Waals surface area contributed by atoms with Crippen LogP contribution < -0.4 is 0 Å². The second-order valence-corrected chi connectivity index (χ2v) is 5.05. The topological polar surface area (TPSA) is 43.7 Å². The zero-order valence-electron chi connectivity index (χ0n) is 10.7. The average molecular weight is 259 g/mol. The summed E-state index contributed by atoms with van der Waals surface area (Å²) >= 11 is 0. The van der Waals surface area contributed by atoms with Gasteiger partial charge in [-0.3, -0.25) is 0 Å². The molecule has 0 amide bonds. The maximum absolute atomic E-state index is 13.0. The molecule has 2 N–H and O–H groups in total. The maximum Gasteiger partial charge on any atom is 0.159 e. The van der Waals surface area contributed by atoms with E-state index < -0.39 is 17.0 Å². The molecule has 1 aromatic carbocycles. The minimum atomic E-state index is -0.868. The highest BCUT2D eigenvalue weighted by Crippen LogP contribution is 2.17. The van der Waals surface area contributed by atoms with Gasteiger partial charge in [0.1, 0.15) is 0 Å². The number of aliphatic hydroxyl groups excluding tert-OH is 2. The van der Waals surface area contributed by atoms with Crippen LogP contribution in [0.25, 0.3) is 0 Å². The van der Waals surface area contributed by atoms with Gasteiger partial charge in [0.2, 0.25) is 0 Å². The van der Waals surface area contributed by atoms with Crippen LogP contribution in [0.2, 0.25) is 0 Å². The fourth-order valence-corrected chi connectivity index (χ4v) is 1.81. The van der Waals surface area contributed by atoms with Crippen molar-refractivity contribution in [3.8, 4) is 0 Å². The highest BCUT2D eigenvalue weighted by atomic mass is 19.2. The van der Waals surface area contributed by atoms with Crippen molar-refractivity contribution in [1.82, 2.24) is 4.90 Å². The summed E-state index contributed by atoms with van der Waals surface area (Å²) in [6, 6.07) is 3.76. The molecule has 0 fully saturated rings. The number of benzene rings is 1. The molecular weight excluding hydrogens is 240 g/mol. The van der Waals surface area contributed by atoms with Gasteiger partial charge in [-0.15, -0.1) is 0 Å². The van der Waals surface area contributed by atoms with Gasteiger partial charge in [0, 0.05) is 18.5 Å². The Morgan fingerprint density at radius 2 is 1.78 bits per heavy atom. The highest BCUT2D eigenvalue weighted by molar-refractivity contribution is 5.17. The number of halogens is 2. The van der Waals surface area contributed by atoms with Crippen molar-refractivity contribution < 1.29 is 19.0 Å². The quantitative estimate of drug-likeness (QED) is 0.811. The van der Waals surface area contributed by atoms with Gasteiger partial charge in [-0.1, -0.05) is 13.0 Å². The van der Waals surface area contributed by atoms with E-state index in [9.17, 15) is 19.0 Å². The SMILES string of the molecule is CN(Cc1ccc(F)c(F)c1)CC(C)(CO)CO. The molecule has 0 saturated heterocycles. The molecule has 0 spiro atoms. The van der Waals surface area contributed by atoms with E-state index in [1.165, 1.54) is 6.07 Å². The van der Waals surface area contributed by atoms with E-state index in [-0.39, 0.29) is 13.2 Å². The molecule has 0 saturated carbocycles. The van der Waals surface area contributed by atoms with Crippen LogP contribution in [0.15, 0.2) is 18.2 Å². The van der Waals surface area contributed by atoms with Gasteiger partial charge < -0.3 is 15.1 Å². The lowest BCUT2D eigenvalue weighted by Gasteiger charge is -2.30. The fraction of sp³-hybridized carbons (Fsp3) is 0.538. The zero-order valence-corrected chi connectivity index (χ0v) is 10.7. The molecule has 0 bridgehead atoms. The average Bonchev–Trinajstić information content (AvgIpc) is 2.33. The normalized spacial score (nSPS) is 12.2. The summed E-state index contributed by atoms with van der Waals surface area (Å²) in [6.07, 6.45) is 0. The Balaban J connectivity index is 2.64. The molecule has 0 aliphatic carbocycles. The Bertz CT molecular complexity index is 395. The van der Waals surface area contributed by atoms with Crippen LogP contribution in [0.4, 0.5) is 8.78 Å². The molecule has 3 nitrogen and oxygen atoms in total. The molecule has 1 aromatic rings. The van der Waals surface area contributed by atoms with Crippen molar-refractivity contribution in [1.29, 1.82) is 0 Å². The summed E-state index contributed by atoms with van der Waals surface area (Å²) in [4.78, 5) is 1.85. The summed E-state index contributed by atoms with van der Waals surface area (Å²) in [5.41, 5.74) is 0.0440. The van der Waals surface area contributed by atoms with Crippen molar-refractivity contribution in [3.05, 3.63) is 35.4 Å². The monoisotopic (exact) mass is 259 g/mol. The predicted molar refractivity (Wildman–Crippen MR) is 65.0 cm³/mol. The summed E-state index contributed by atoms with van der Waals surface area (Å²) in [6.45, 7) is 2.37. The van der Waals surface area contributed by atoms with Crippen molar-refractivity contribution in [2.75, 3.05) is 26.8 Å². The molecule has 0 heterocycles. The Morgan fingerprint density at radius 3 is 2.28 bits per heavy atom. The Labute approximate surface area is 106 Å². The predicted octanol–water partition coefficient (Wildman–Crippen LogP) is 1.39. The molecule has 0 unspecified atom stereocenters. The smallest absolute Gasteiger partial charge is 0.159 e. The van der Waals surface area contributed by atoms with E-state index in [1.807, 2.05) is 4.90 Å². The van der Waals surface area contributed by atoms with Crippen LogP contribution in [-0.2, 0) is 6.54 Å². The van der Waals surface area contributed by atoms with E-state index in [0.29, 0.717) is 18.7 Å². The summed E-state index contributed by atoms with van der Waals surface area (Å²) in [5, 5.41) is 18.4. The number of hydrogen-bond donors (Lipinski definition) is 2. The van der Waals surface area contributed by atoms with Crippen LogP contribution >= 0.6 is 0 Å². The number of aliphatic hydroxyl groups is 2. The first kappa shape index (κ1) is 15.0. The van der Waals surface area contributed by atoms with Crippen molar-refractivity contribution in [2.45, 2.75) is 13.5 Å². The van der Waals surface area contributed by atoms with Gasteiger partial charge in [-0.05, 0) is 24.7 Å². The van der Waals surface area contributed by atoms with Crippen LogP contribution in [-0.4, -0.2) is 41.9 Å². The first-order chi connectivity index (χ1) is 8.40. The van der Waals surface area contributed by atoms with E-state index >= 15 is 0 Å². The molecular formula is C13H19F2NO2. The summed E-state index contributed by atoms with van der Waals surface area (Å²) in [7, 11) is 1.80. The molecule has 0 aliphatic heterocycles. The third kappa shape index (κ3) is 4.01. The molecule has 0 radical (unpaired) electrons. The van der Waals surface area contributed by atoms with Gasteiger partial charge in [0.15, 0.2) is 11.6 Å². The van der Waals surface area contributed by atoms with Gasteiger partial charge in [0.25, 0.3) is 0 Å². The molecule has 1 rings (SSSR count). The molecule has 0 atom stereocenters. The van der Waals surface area contributed by atoms with E-state index in [1.54, 1.807) is 14.0 Å². The van der Waals surface area contributed by atoms with Crippen LogP contribution in [0.1, 0.15) is 12.5 Å². The summed E-state index contributed by atoms with van der Waals surface area (Å²) < 4.78 is 25.8. The minimum absolute atomic E-state index is 0.133. The Hall–Kier alpha value is -1.04. The van der Waals surface area contributed by atoms with Gasteiger partial charge in [-0.25, -0.2) is 8.78 Å². The van der Waals surface area contributed by atoms with Crippen molar-refractivity contribution in [2.24, 2.45) is 5.41 Å². The lowest BCUT2D eigenvalue weighted by Crippen LogP contribution is -2.38. The van der Waals surface area contributed by atoms with Crippen LogP contribution in [0.5, 0.6) is 0 Å². The van der Waals surface area contributed by atoms with E-state index in [4.69, 9.17) is 0 Å². The molecule has 0 aliphatic rings.